The number of aliphatic hydroxyl groups excluding tert-OH is 1. The van der Waals surface area contributed by atoms with Gasteiger partial charge >= 0.3 is 39.5 Å². The van der Waals surface area contributed by atoms with Crippen molar-refractivity contribution in [2.75, 3.05) is 39.6 Å². The Morgan fingerprint density at radius 3 is 0.739 bits per heavy atom. The third-order valence-electron chi connectivity index (χ3n) is 16.9. The van der Waals surface area contributed by atoms with Crippen molar-refractivity contribution in [3.63, 3.8) is 0 Å². The van der Waals surface area contributed by atoms with Gasteiger partial charge in [0.1, 0.15) is 19.3 Å². The molecule has 0 saturated carbocycles. The molecule has 0 aromatic heterocycles. The Bertz CT molecular complexity index is 1800. The zero-order valence-corrected chi connectivity index (χ0v) is 61.8. The summed E-state index contributed by atoms with van der Waals surface area (Å²) in [6, 6.07) is 0. The predicted molar refractivity (Wildman–Crippen MR) is 372 cm³/mol. The van der Waals surface area contributed by atoms with Crippen molar-refractivity contribution in [3.8, 4) is 0 Å². The van der Waals surface area contributed by atoms with Gasteiger partial charge in [-0.2, -0.15) is 0 Å². The summed E-state index contributed by atoms with van der Waals surface area (Å²) in [5, 5.41) is 10.6. The van der Waals surface area contributed by atoms with E-state index >= 15 is 0 Å². The Morgan fingerprint density at radius 2 is 0.500 bits per heavy atom. The number of hydrogen-bond donors (Lipinski definition) is 3. The van der Waals surface area contributed by atoms with Gasteiger partial charge in [0.25, 0.3) is 0 Å². The first-order valence-electron chi connectivity index (χ1n) is 37.8. The van der Waals surface area contributed by atoms with Gasteiger partial charge in [0.05, 0.1) is 26.4 Å². The second kappa shape index (κ2) is 63.8. The molecular weight excluding hydrogens is 1210 g/mol. The Labute approximate surface area is 562 Å². The van der Waals surface area contributed by atoms with Gasteiger partial charge in [-0.3, -0.25) is 37.3 Å². The van der Waals surface area contributed by atoms with Crippen LogP contribution in [-0.2, 0) is 65.4 Å². The van der Waals surface area contributed by atoms with Crippen molar-refractivity contribution in [2.45, 2.75) is 388 Å². The maximum Gasteiger partial charge on any atom is 0.472 e. The fraction of sp³-hybridized carbons (Fsp3) is 0.945. The van der Waals surface area contributed by atoms with E-state index in [1.807, 2.05) is 0 Å². The maximum absolute atomic E-state index is 13.1. The molecule has 0 saturated heterocycles. The highest BCUT2D eigenvalue weighted by Crippen LogP contribution is 2.45. The van der Waals surface area contributed by atoms with Crippen molar-refractivity contribution in [1.29, 1.82) is 0 Å². The first-order valence-corrected chi connectivity index (χ1v) is 40.8. The topological polar surface area (TPSA) is 237 Å². The first-order chi connectivity index (χ1) is 44.2. The van der Waals surface area contributed by atoms with Crippen LogP contribution >= 0.6 is 15.6 Å². The van der Waals surface area contributed by atoms with Gasteiger partial charge in [-0.05, 0) is 43.4 Å². The highest BCUT2D eigenvalue weighted by atomic mass is 31.2. The molecule has 0 bridgehead atoms. The molecule has 17 nitrogen and oxygen atoms in total. The lowest BCUT2D eigenvalue weighted by atomic mass is 10.0. The lowest BCUT2D eigenvalue weighted by molar-refractivity contribution is -0.161. The molecule has 19 heteroatoms. The van der Waals surface area contributed by atoms with Crippen LogP contribution < -0.4 is 0 Å². The number of ether oxygens (including phenoxy) is 4. The molecule has 3 N–H and O–H groups in total. The molecule has 92 heavy (non-hydrogen) atoms. The van der Waals surface area contributed by atoms with Crippen molar-refractivity contribution >= 4 is 39.5 Å². The second-order valence-corrected chi connectivity index (χ2v) is 30.7. The minimum Gasteiger partial charge on any atom is -0.462 e. The number of aliphatic hydroxyl groups is 1. The van der Waals surface area contributed by atoms with Gasteiger partial charge in [-0.25, -0.2) is 9.13 Å². The van der Waals surface area contributed by atoms with Gasteiger partial charge < -0.3 is 33.8 Å². The number of phosphoric ester groups is 2. The summed E-state index contributed by atoms with van der Waals surface area (Å²) in [4.78, 5) is 72.6. The molecule has 0 aromatic rings. The van der Waals surface area contributed by atoms with Crippen LogP contribution in [0.2, 0.25) is 0 Å². The average Bonchev–Trinajstić information content (AvgIpc) is 1.63. The summed E-state index contributed by atoms with van der Waals surface area (Å²) in [6.45, 7) is 11.8. The second-order valence-electron chi connectivity index (χ2n) is 27.8. The quantitative estimate of drug-likeness (QED) is 0.0222. The third kappa shape index (κ3) is 66.7. The van der Waals surface area contributed by atoms with Crippen LogP contribution in [-0.4, -0.2) is 96.7 Å². The number of phosphoric acid groups is 2. The Balaban J connectivity index is 5.23. The molecule has 0 spiro atoms. The Hall–Kier alpha value is -1.94. The summed E-state index contributed by atoms with van der Waals surface area (Å²) in [5.41, 5.74) is 0. The number of esters is 4. The normalized spacial score (nSPS) is 14.1. The zero-order valence-electron chi connectivity index (χ0n) is 60.0. The zero-order chi connectivity index (χ0) is 68.0. The summed E-state index contributed by atoms with van der Waals surface area (Å²) < 4.78 is 68.4. The van der Waals surface area contributed by atoms with Crippen LogP contribution in [0.1, 0.15) is 370 Å². The highest BCUT2D eigenvalue weighted by molar-refractivity contribution is 7.47. The number of rotatable bonds is 71. The SMILES string of the molecule is CCCCCCCCCCCCCCCC(=O)OC[C@H](COP(=O)(O)OC[C@@H](O)COP(=O)(O)OC[C@@H](COC(=O)CCCCCCCCCC(C)C)OC(=O)CCCCCCCCCCC(C)C)OC(=O)CCCCCCCCCCCCCCCCCC(C)C. The largest absolute Gasteiger partial charge is 0.472 e. The van der Waals surface area contributed by atoms with Crippen LogP contribution in [0.5, 0.6) is 0 Å². The van der Waals surface area contributed by atoms with Gasteiger partial charge in [-0.15, -0.1) is 0 Å². The summed E-state index contributed by atoms with van der Waals surface area (Å²) in [5.74, 6) is 0.102. The molecule has 0 heterocycles. The van der Waals surface area contributed by atoms with E-state index in [2.05, 4.69) is 48.5 Å². The van der Waals surface area contributed by atoms with E-state index in [9.17, 15) is 43.2 Å². The minimum atomic E-state index is -4.95. The van der Waals surface area contributed by atoms with Gasteiger partial charge in [0.2, 0.25) is 0 Å². The molecule has 0 aliphatic carbocycles. The maximum atomic E-state index is 13.1. The molecule has 546 valence electrons. The molecule has 2 unspecified atom stereocenters. The first kappa shape index (κ1) is 90.1. The molecule has 0 rings (SSSR count). The van der Waals surface area contributed by atoms with Gasteiger partial charge in [-0.1, -0.05) is 318 Å². The van der Waals surface area contributed by atoms with Crippen LogP contribution in [0.15, 0.2) is 0 Å². The fourth-order valence-electron chi connectivity index (χ4n) is 11.1. The summed E-state index contributed by atoms with van der Waals surface area (Å²) in [6.07, 6.45) is 48.7. The number of carbonyl (C=O) groups excluding carboxylic acids is 4. The number of unbranched alkanes of at least 4 members (excludes halogenated alkanes) is 39. The van der Waals surface area contributed by atoms with Crippen LogP contribution in [0.25, 0.3) is 0 Å². The number of hydrogen-bond acceptors (Lipinski definition) is 15. The monoisotopic (exact) mass is 1350 g/mol. The van der Waals surface area contributed by atoms with Crippen molar-refractivity contribution in [3.05, 3.63) is 0 Å². The van der Waals surface area contributed by atoms with Gasteiger partial charge in [0.15, 0.2) is 12.2 Å². The van der Waals surface area contributed by atoms with E-state index in [4.69, 9.17) is 37.0 Å². The fourth-order valence-corrected chi connectivity index (χ4v) is 12.7. The van der Waals surface area contributed by atoms with Crippen LogP contribution in [0.4, 0.5) is 0 Å². The minimum absolute atomic E-state index is 0.104. The average molecular weight is 1350 g/mol. The van der Waals surface area contributed by atoms with Gasteiger partial charge in [0, 0.05) is 25.7 Å². The molecule has 0 aromatic carbocycles. The molecule has 0 fully saturated rings. The van der Waals surface area contributed by atoms with Crippen molar-refractivity contribution in [2.24, 2.45) is 17.8 Å². The lowest BCUT2D eigenvalue weighted by Gasteiger charge is -2.21. The van der Waals surface area contributed by atoms with E-state index in [1.54, 1.807) is 0 Å². The van der Waals surface area contributed by atoms with Crippen LogP contribution in [0, 0.1) is 17.8 Å². The van der Waals surface area contributed by atoms with E-state index in [1.165, 1.54) is 173 Å². The van der Waals surface area contributed by atoms with E-state index in [0.29, 0.717) is 31.6 Å². The molecule has 0 aliphatic heterocycles. The van der Waals surface area contributed by atoms with E-state index < -0.39 is 97.5 Å². The van der Waals surface area contributed by atoms with E-state index in [0.717, 1.165) is 108 Å². The van der Waals surface area contributed by atoms with Crippen LogP contribution in [0.3, 0.4) is 0 Å². The molecular formula is C73H142O17P2. The summed E-state index contributed by atoms with van der Waals surface area (Å²) in [7, 11) is -9.91. The summed E-state index contributed by atoms with van der Waals surface area (Å²) >= 11 is 0. The van der Waals surface area contributed by atoms with E-state index in [-0.39, 0.29) is 25.7 Å². The number of carbonyl (C=O) groups is 4. The van der Waals surface area contributed by atoms with Crippen molar-refractivity contribution in [1.82, 2.24) is 0 Å². The third-order valence-corrected chi connectivity index (χ3v) is 18.8. The smallest absolute Gasteiger partial charge is 0.462 e. The predicted octanol–water partition coefficient (Wildman–Crippen LogP) is 21.0. The van der Waals surface area contributed by atoms with Crippen molar-refractivity contribution < 1.29 is 80.2 Å². The Kier molecular flexibility index (Phi) is 62.4. The standard InChI is InChI=1S/C73H142O17P2/c1-8-9-10-11-12-13-14-18-22-25-33-40-47-54-70(75)83-60-68(89-72(77)56-49-42-34-26-23-20-17-15-16-19-21-24-30-37-44-51-64(2)3)62-87-91(79,80)85-58-67(74)59-86-92(81,82)88-63-69(61-84-71(76)55-48-41-36-29-32-39-46-53-66(6)7)90-73(78)57-50-43-35-28-27-31-38-45-52-65(4)5/h64-69,74H,8-63H2,1-7H3,(H,79,80)(H,81,82)/t67-,68-,69-/m1/s1. The Morgan fingerprint density at radius 1 is 0.293 bits per heavy atom. The lowest BCUT2D eigenvalue weighted by Crippen LogP contribution is -2.30. The molecule has 0 amide bonds. The molecule has 5 atom stereocenters. The molecule has 0 aliphatic rings. The highest BCUT2D eigenvalue weighted by Gasteiger charge is 2.30. The molecule has 0 radical (unpaired) electrons.